The van der Waals surface area contributed by atoms with E-state index in [1.165, 1.54) is 5.56 Å². The van der Waals surface area contributed by atoms with Crippen LogP contribution in [0.4, 0.5) is 10.8 Å². The van der Waals surface area contributed by atoms with Crippen molar-refractivity contribution in [3.63, 3.8) is 0 Å². The number of hydrogen-bond donors (Lipinski definition) is 2. The van der Waals surface area contributed by atoms with E-state index in [0.29, 0.717) is 12.5 Å². The number of fused-ring (bicyclic) bond motifs is 1. The van der Waals surface area contributed by atoms with Gasteiger partial charge in [-0.2, -0.15) is 0 Å². The summed E-state index contributed by atoms with van der Waals surface area (Å²) >= 11 is 1.62. The van der Waals surface area contributed by atoms with Crippen molar-refractivity contribution < 1.29 is 9.53 Å². The monoisotopic (exact) mass is 329 g/mol. The minimum atomic E-state index is 0.0968. The summed E-state index contributed by atoms with van der Waals surface area (Å²) in [6, 6.07) is 6.12. The first kappa shape index (κ1) is 14.7. The number of aryl methyl sites for hydroxylation is 1. The SMILES string of the molecule is O=C1CCc2cc(-c3csc(NC[C@H]4CCCO4)n3)ccc2N1. The number of thiazole rings is 1. The van der Waals surface area contributed by atoms with Crippen molar-refractivity contribution in [1.29, 1.82) is 0 Å². The molecule has 0 radical (unpaired) electrons. The van der Waals surface area contributed by atoms with Crippen molar-refractivity contribution in [3.05, 3.63) is 29.1 Å². The Morgan fingerprint density at radius 2 is 2.35 bits per heavy atom. The minimum Gasteiger partial charge on any atom is -0.376 e. The molecule has 5 nitrogen and oxygen atoms in total. The molecule has 1 aromatic heterocycles. The lowest BCUT2D eigenvalue weighted by Gasteiger charge is -2.17. The van der Waals surface area contributed by atoms with Gasteiger partial charge in [-0.05, 0) is 37.0 Å². The number of hydrogen-bond acceptors (Lipinski definition) is 5. The fourth-order valence-corrected chi connectivity index (χ4v) is 3.77. The molecule has 0 aliphatic carbocycles. The van der Waals surface area contributed by atoms with Gasteiger partial charge in [-0.1, -0.05) is 6.07 Å². The van der Waals surface area contributed by atoms with Crippen molar-refractivity contribution >= 4 is 28.1 Å². The van der Waals surface area contributed by atoms with E-state index in [0.717, 1.165) is 54.5 Å². The lowest BCUT2D eigenvalue weighted by atomic mass is 9.99. The van der Waals surface area contributed by atoms with Crippen molar-refractivity contribution in [1.82, 2.24) is 4.98 Å². The van der Waals surface area contributed by atoms with E-state index < -0.39 is 0 Å². The van der Waals surface area contributed by atoms with Crippen molar-refractivity contribution in [2.45, 2.75) is 31.8 Å². The van der Waals surface area contributed by atoms with Crippen molar-refractivity contribution in [2.24, 2.45) is 0 Å². The smallest absolute Gasteiger partial charge is 0.224 e. The molecule has 2 aliphatic rings. The van der Waals surface area contributed by atoms with E-state index in [4.69, 9.17) is 4.74 Å². The van der Waals surface area contributed by atoms with Crippen LogP contribution in [0.3, 0.4) is 0 Å². The molecule has 1 saturated heterocycles. The standard InChI is InChI=1S/C17H19N3O2S/c21-16-6-4-11-8-12(3-5-14(11)19-16)15-10-23-17(20-15)18-9-13-2-1-7-22-13/h3,5,8,10,13H,1-2,4,6-7,9H2,(H,18,20)(H,19,21)/t13-/m1/s1. The summed E-state index contributed by atoms with van der Waals surface area (Å²) in [6.07, 6.45) is 3.95. The van der Waals surface area contributed by atoms with Gasteiger partial charge in [0.05, 0.1) is 11.8 Å². The van der Waals surface area contributed by atoms with Crippen LogP contribution in [0.25, 0.3) is 11.3 Å². The topological polar surface area (TPSA) is 63.2 Å². The molecule has 1 amide bonds. The highest BCUT2D eigenvalue weighted by atomic mass is 32.1. The largest absolute Gasteiger partial charge is 0.376 e. The molecular formula is C17H19N3O2S. The fourth-order valence-electron chi connectivity index (χ4n) is 3.04. The Labute approximate surface area is 139 Å². The van der Waals surface area contributed by atoms with E-state index in [1.54, 1.807) is 11.3 Å². The molecule has 6 heteroatoms. The Morgan fingerprint density at radius 3 is 3.22 bits per heavy atom. The lowest BCUT2D eigenvalue weighted by Crippen LogP contribution is -2.18. The van der Waals surface area contributed by atoms with Crippen molar-refractivity contribution in [2.75, 3.05) is 23.8 Å². The predicted octanol–water partition coefficient (Wildman–Crippen LogP) is 3.29. The first-order valence-corrected chi connectivity index (χ1v) is 8.90. The van der Waals surface area contributed by atoms with Gasteiger partial charge in [0.15, 0.2) is 5.13 Å². The highest BCUT2D eigenvalue weighted by Gasteiger charge is 2.17. The fraction of sp³-hybridized carbons (Fsp3) is 0.412. The van der Waals surface area contributed by atoms with Gasteiger partial charge in [-0.25, -0.2) is 4.98 Å². The third kappa shape index (κ3) is 3.23. The van der Waals surface area contributed by atoms with E-state index in [1.807, 2.05) is 12.1 Å². The van der Waals surface area contributed by atoms with Gasteiger partial charge in [0, 0.05) is 36.2 Å². The van der Waals surface area contributed by atoms with Gasteiger partial charge in [0.25, 0.3) is 0 Å². The number of carbonyl (C=O) groups excluding carboxylic acids is 1. The number of aromatic nitrogens is 1. The van der Waals surface area contributed by atoms with Gasteiger partial charge >= 0.3 is 0 Å². The Kier molecular flexibility index (Phi) is 4.01. The predicted molar refractivity (Wildman–Crippen MR) is 92.0 cm³/mol. The molecule has 0 spiro atoms. The second-order valence-electron chi connectivity index (χ2n) is 5.97. The molecule has 23 heavy (non-hydrogen) atoms. The molecule has 2 aromatic rings. The van der Waals surface area contributed by atoms with Crippen LogP contribution in [-0.4, -0.2) is 30.1 Å². The summed E-state index contributed by atoms with van der Waals surface area (Å²) in [5.41, 5.74) is 4.19. The molecule has 120 valence electrons. The lowest BCUT2D eigenvalue weighted by molar-refractivity contribution is -0.116. The number of anilines is 2. The molecule has 3 heterocycles. The molecule has 0 saturated carbocycles. The first-order chi connectivity index (χ1) is 11.3. The molecule has 0 unspecified atom stereocenters. The van der Waals surface area contributed by atoms with E-state index >= 15 is 0 Å². The summed E-state index contributed by atoms with van der Waals surface area (Å²) in [7, 11) is 0. The number of amides is 1. The molecule has 4 rings (SSSR count). The number of benzene rings is 1. The zero-order chi connectivity index (χ0) is 15.6. The highest BCUT2D eigenvalue weighted by molar-refractivity contribution is 7.14. The Hall–Kier alpha value is -1.92. The summed E-state index contributed by atoms with van der Waals surface area (Å²) in [4.78, 5) is 16.1. The summed E-state index contributed by atoms with van der Waals surface area (Å²) in [5.74, 6) is 0.0968. The van der Waals surface area contributed by atoms with E-state index in [9.17, 15) is 4.79 Å². The average molecular weight is 329 g/mol. The molecule has 2 N–H and O–H groups in total. The van der Waals surface area contributed by atoms with Crippen LogP contribution >= 0.6 is 11.3 Å². The second kappa shape index (κ2) is 6.29. The van der Waals surface area contributed by atoms with Gasteiger partial charge in [-0.15, -0.1) is 11.3 Å². The van der Waals surface area contributed by atoms with Gasteiger partial charge < -0.3 is 15.4 Å². The normalized spacial score (nSPS) is 20.2. The van der Waals surface area contributed by atoms with Crippen LogP contribution in [0.15, 0.2) is 23.6 Å². The van der Waals surface area contributed by atoms with Crippen LogP contribution in [0.2, 0.25) is 0 Å². The third-order valence-corrected chi connectivity index (χ3v) is 5.11. The number of ether oxygens (including phenoxy) is 1. The molecule has 2 aliphatic heterocycles. The highest BCUT2D eigenvalue weighted by Crippen LogP contribution is 2.30. The van der Waals surface area contributed by atoms with E-state index in [2.05, 4.69) is 27.1 Å². The second-order valence-corrected chi connectivity index (χ2v) is 6.83. The Bertz CT molecular complexity index is 722. The maximum atomic E-state index is 11.4. The van der Waals surface area contributed by atoms with Gasteiger partial charge in [0.1, 0.15) is 0 Å². The minimum absolute atomic E-state index is 0.0968. The zero-order valence-corrected chi connectivity index (χ0v) is 13.6. The third-order valence-electron chi connectivity index (χ3n) is 4.31. The van der Waals surface area contributed by atoms with Crippen LogP contribution in [0.5, 0.6) is 0 Å². The quantitative estimate of drug-likeness (QED) is 0.903. The van der Waals surface area contributed by atoms with Gasteiger partial charge in [-0.3, -0.25) is 4.79 Å². The number of nitrogens with zero attached hydrogens (tertiary/aromatic N) is 1. The molecule has 1 aromatic carbocycles. The van der Waals surface area contributed by atoms with Crippen LogP contribution in [0, 0.1) is 0 Å². The molecule has 0 bridgehead atoms. The number of nitrogens with one attached hydrogen (secondary N) is 2. The average Bonchev–Trinajstić information content (AvgIpc) is 3.24. The molecular weight excluding hydrogens is 310 g/mol. The van der Waals surface area contributed by atoms with Gasteiger partial charge in [0.2, 0.25) is 5.91 Å². The number of carbonyl (C=O) groups is 1. The first-order valence-electron chi connectivity index (χ1n) is 8.02. The summed E-state index contributed by atoms with van der Waals surface area (Å²) < 4.78 is 5.62. The van der Waals surface area contributed by atoms with Crippen molar-refractivity contribution in [3.8, 4) is 11.3 Å². The summed E-state index contributed by atoms with van der Waals surface area (Å²) in [5, 5.41) is 9.28. The Balaban J connectivity index is 1.47. The van der Waals surface area contributed by atoms with Crippen LogP contribution < -0.4 is 10.6 Å². The van der Waals surface area contributed by atoms with Crippen LogP contribution in [0.1, 0.15) is 24.8 Å². The molecule has 1 fully saturated rings. The summed E-state index contributed by atoms with van der Waals surface area (Å²) in [6.45, 7) is 1.70. The van der Waals surface area contributed by atoms with Crippen LogP contribution in [-0.2, 0) is 16.0 Å². The van der Waals surface area contributed by atoms with E-state index in [-0.39, 0.29) is 5.91 Å². The maximum Gasteiger partial charge on any atom is 0.224 e. The molecule has 1 atom stereocenters. The number of rotatable bonds is 4. The zero-order valence-electron chi connectivity index (χ0n) is 12.8. The Morgan fingerprint density at radius 1 is 1.39 bits per heavy atom. The maximum absolute atomic E-state index is 11.4.